The van der Waals surface area contributed by atoms with Crippen LogP contribution in [0.5, 0.6) is 0 Å². The van der Waals surface area contributed by atoms with Gasteiger partial charge in [-0.2, -0.15) is 0 Å². The maximum Gasteiger partial charge on any atom is 0.137 e. The quantitative estimate of drug-likeness (QED) is 0.159. The lowest BCUT2D eigenvalue weighted by Crippen LogP contribution is -2.18. The van der Waals surface area contributed by atoms with Gasteiger partial charge in [-0.3, -0.25) is 9.47 Å². The Morgan fingerprint density at radius 3 is 1.69 bits per heavy atom. The molecule has 0 saturated carbocycles. The van der Waals surface area contributed by atoms with Crippen molar-refractivity contribution in [2.45, 2.75) is 9.79 Å². The van der Waals surface area contributed by atoms with Crippen LogP contribution in [0.15, 0.2) is 234 Å². The zero-order chi connectivity index (χ0) is 40.3. The molecule has 11 aromatic rings. The van der Waals surface area contributed by atoms with Gasteiger partial charge in [0.25, 0.3) is 0 Å². The molecule has 2 aromatic heterocycles. The fraction of sp³-hybridized carbons (Fsp3) is 0. The minimum absolute atomic E-state index is 1.09. The van der Waals surface area contributed by atoms with Crippen LogP contribution in [-0.4, -0.2) is 4.57 Å². The molecule has 3 nitrogen and oxygen atoms in total. The second-order valence-corrected chi connectivity index (χ2v) is 17.4. The second kappa shape index (κ2) is 14.8. The zero-order valence-corrected chi connectivity index (χ0v) is 34.7. The molecule has 0 saturated heterocycles. The summed E-state index contributed by atoms with van der Waals surface area (Å²) in [5.41, 5.74) is 12.8. The molecule has 3 heterocycles. The molecule has 0 aliphatic carbocycles. The van der Waals surface area contributed by atoms with E-state index in [1.165, 1.54) is 68.8 Å². The Kier molecular flexibility index (Phi) is 8.61. The van der Waals surface area contributed by atoms with E-state index in [0.29, 0.717) is 0 Å². The van der Waals surface area contributed by atoms with Crippen LogP contribution in [0.4, 0.5) is 34.3 Å². The Labute approximate surface area is 363 Å². The Balaban J connectivity index is 0.993. The van der Waals surface area contributed by atoms with Gasteiger partial charge in [-0.15, -0.1) is 11.3 Å². The lowest BCUT2D eigenvalue weighted by molar-refractivity contribution is 1.03. The fourth-order valence-corrected chi connectivity index (χ4v) is 11.3. The predicted octanol–water partition coefficient (Wildman–Crippen LogP) is 16.7. The minimum atomic E-state index is 1.09. The van der Waals surface area contributed by atoms with Gasteiger partial charge < -0.3 is 4.90 Å². The number of nitrogens with zero attached hydrogens (tertiary/aromatic N) is 3. The highest BCUT2D eigenvalue weighted by Crippen LogP contribution is 2.56. The Morgan fingerprint density at radius 1 is 0.393 bits per heavy atom. The molecule has 0 unspecified atom stereocenters. The van der Waals surface area contributed by atoms with Gasteiger partial charge in [-0.05, 0) is 101 Å². The first-order valence-corrected chi connectivity index (χ1v) is 22.2. The van der Waals surface area contributed by atoms with Crippen LogP contribution in [0.25, 0.3) is 59.0 Å². The van der Waals surface area contributed by atoms with Crippen LogP contribution in [-0.2, 0) is 0 Å². The minimum Gasteiger partial charge on any atom is -0.309 e. The molecule has 0 atom stereocenters. The molecule has 61 heavy (non-hydrogen) atoms. The zero-order valence-electron chi connectivity index (χ0n) is 33.0. The standard InChI is InChI=1S/C56H37N3S2/c1-3-14-38(15-4-1)39-26-28-40(29-27-39)41-30-32-43(33-31-41)57(51-23-13-20-47-46-18-8-11-24-52(46)60-54(47)51)44-34-36-45(37-35-44)59-50-22-10-12-25-53(50)61-55-48-19-7-9-21-49(48)58(56(55)59)42-16-5-2-6-17-42/h1-37H. The lowest BCUT2D eigenvalue weighted by atomic mass is 10.00. The van der Waals surface area contributed by atoms with Gasteiger partial charge in [0.2, 0.25) is 0 Å². The van der Waals surface area contributed by atoms with Crippen molar-refractivity contribution in [2.75, 3.05) is 9.80 Å². The summed E-state index contributed by atoms with van der Waals surface area (Å²) >= 11 is 3.72. The first-order chi connectivity index (χ1) is 30.3. The smallest absolute Gasteiger partial charge is 0.137 e. The molecule has 0 amide bonds. The topological polar surface area (TPSA) is 11.4 Å². The van der Waals surface area contributed by atoms with Gasteiger partial charge in [-0.1, -0.05) is 157 Å². The average Bonchev–Trinajstić information content (AvgIpc) is 3.88. The highest BCUT2D eigenvalue weighted by Gasteiger charge is 2.32. The van der Waals surface area contributed by atoms with Crippen molar-refractivity contribution in [2.24, 2.45) is 0 Å². The van der Waals surface area contributed by atoms with Crippen molar-refractivity contribution in [3.05, 3.63) is 224 Å². The first kappa shape index (κ1) is 35.6. The van der Waals surface area contributed by atoms with Crippen LogP contribution < -0.4 is 9.80 Å². The van der Waals surface area contributed by atoms with Gasteiger partial charge in [-0.25, -0.2) is 0 Å². The highest BCUT2D eigenvalue weighted by atomic mass is 32.2. The predicted molar refractivity (Wildman–Crippen MR) is 261 cm³/mol. The van der Waals surface area contributed by atoms with E-state index < -0.39 is 0 Å². The van der Waals surface area contributed by atoms with E-state index in [-0.39, 0.29) is 0 Å². The summed E-state index contributed by atoms with van der Waals surface area (Å²) in [6.45, 7) is 0. The molecular formula is C56H37N3S2. The van der Waals surface area contributed by atoms with Crippen molar-refractivity contribution >= 4 is 88.4 Å². The maximum absolute atomic E-state index is 2.45. The van der Waals surface area contributed by atoms with E-state index in [0.717, 1.165) is 34.3 Å². The third-order valence-electron chi connectivity index (χ3n) is 11.8. The Bertz CT molecular complexity index is 3370. The number of fused-ring (bicyclic) bond motifs is 7. The van der Waals surface area contributed by atoms with Gasteiger partial charge in [0, 0.05) is 48.5 Å². The van der Waals surface area contributed by atoms with Gasteiger partial charge >= 0.3 is 0 Å². The van der Waals surface area contributed by atoms with Crippen molar-refractivity contribution in [3.8, 4) is 27.9 Å². The summed E-state index contributed by atoms with van der Waals surface area (Å²) in [4.78, 5) is 7.38. The van der Waals surface area contributed by atoms with Gasteiger partial charge in [0.15, 0.2) is 0 Å². The summed E-state index contributed by atoms with van der Waals surface area (Å²) in [6.07, 6.45) is 0. The molecule has 12 rings (SSSR count). The molecule has 0 radical (unpaired) electrons. The summed E-state index contributed by atoms with van der Waals surface area (Å²) < 4.78 is 4.99. The maximum atomic E-state index is 2.45. The van der Waals surface area contributed by atoms with E-state index in [1.54, 1.807) is 0 Å². The van der Waals surface area contributed by atoms with Crippen molar-refractivity contribution in [1.82, 2.24) is 4.57 Å². The first-order valence-electron chi connectivity index (χ1n) is 20.6. The SMILES string of the molecule is c1ccc(-c2ccc(-c3ccc(N(c4ccc(N5c6ccccc6Sc6c5n(-c5ccccc5)c5ccccc65)cc4)c4cccc5c4sc4ccccc45)cc3)cc2)cc1. The molecular weight excluding hydrogens is 779 g/mol. The second-order valence-electron chi connectivity index (χ2n) is 15.3. The number of aromatic nitrogens is 1. The van der Waals surface area contributed by atoms with Crippen LogP contribution >= 0.6 is 23.1 Å². The highest BCUT2D eigenvalue weighted by molar-refractivity contribution is 8.00. The number of anilines is 6. The van der Waals surface area contributed by atoms with Crippen molar-refractivity contribution < 1.29 is 0 Å². The average molecular weight is 816 g/mol. The molecule has 0 bridgehead atoms. The molecule has 5 heteroatoms. The number of benzene rings is 9. The van der Waals surface area contributed by atoms with E-state index >= 15 is 0 Å². The molecule has 0 fully saturated rings. The Morgan fingerprint density at radius 2 is 0.951 bits per heavy atom. The normalized spacial score (nSPS) is 12.2. The molecule has 9 aromatic carbocycles. The molecule has 0 N–H and O–H groups in total. The summed E-state index contributed by atoms with van der Waals surface area (Å²) in [5, 5.41) is 3.82. The summed E-state index contributed by atoms with van der Waals surface area (Å²) in [6, 6.07) is 81.5. The van der Waals surface area contributed by atoms with E-state index in [4.69, 9.17) is 0 Å². The monoisotopic (exact) mass is 815 g/mol. The number of thiophene rings is 1. The van der Waals surface area contributed by atoms with E-state index in [9.17, 15) is 0 Å². The number of hydrogen-bond acceptors (Lipinski definition) is 4. The van der Waals surface area contributed by atoms with Crippen LogP contribution in [0, 0.1) is 0 Å². The van der Waals surface area contributed by atoms with Gasteiger partial charge in [0.05, 0.1) is 26.5 Å². The Hall–Kier alpha value is -7.31. The number of para-hydroxylation sites is 3. The lowest BCUT2D eigenvalue weighted by Gasteiger charge is -2.33. The largest absolute Gasteiger partial charge is 0.309 e. The summed E-state index contributed by atoms with van der Waals surface area (Å²) in [5.74, 6) is 1.16. The third-order valence-corrected chi connectivity index (χ3v) is 14.2. The third kappa shape index (κ3) is 6.04. The van der Waals surface area contributed by atoms with Crippen LogP contribution in [0.1, 0.15) is 0 Å². The molecule has 0 spiro atoms. The number of rotatable bonds is 7. The molecule has 1 aliphatic rings. The van der Waals surface area contributed by atoms with Crippen LogP contribution in [0.2, 0.25) is 0 Å². The van der Waals surface area contributed by atoms with Crippen molar-refractivity contribution in [1.29, 1.82) is 0 Å². The van der Waals surface area contributed by atoms with E-state index in [2.05, 4.69) is 239 Å². The number of hydrogen-bond donors (Lipinski definition) is 0. The van der Waals surface area contributed by atoms with E-state index in [1.807, 2.05) is 23.1 Å². The van der Waals surface area contributed by atoms with Crippen LogP contribution in [0.3, 0.4) is 0 Å². The summed E-state index contributed by atoms with van der Waals surface area (Å²) in [7, 11) is 0. The fourth-order valence-electron chi connectivity index (χ4n) is 8.93. The van der Waals surface area contributed by atoms with Gasteiger partial charge in [0.1, 0.15) is 5.82 Å². The molecule has 288 valence electrons. The molecule has 1 aliphatic heterocycles. The van der Waals surface area contributed by atoms with Crippen molar-refractivity contribution in [3.63, 3.8) is 0 Å².